The zero-order valence-electron chi connectivity index (χ0n) is 7.95. The Morgan fingerprint density at radius 2 is 2.08 bits per heavy atom. The molecule has 1 unspecified atom stereocenters. The van der Waals surface area contributed by atoms with Gasteiger partial charge in [-0.1, -0.05) is 30.3 Å². The molecule has 0 aliphatic carbocycles. The van der Waals surface area contributed by atoms with Gasteiger partial charge in [0.2, 0.25) is 0 Å². The summed E-state index contributed by atoms with van der Waals surface area (Å²) >= 11 is 0. The highest BCUT2D eigenvalue weighted by molar-refractivity contribution is 5.16. The summed E-state index contributed by atoms with van der Waals surface area (Å²) in [4.78, 5) is 2.23. The average molecular weight is 174 g/mol. The lowest BCUT2D eigenvalue weighted by Gasteiger charge is -2.27. The number of hydrogen-bond acceptors (Lipinski definition) is 1. The van der Waals surface area contributed by atoms with Gasteiger partial charge in [0.1, 0.15) is 0 Å². The molecular weight excluding hydrogens is 158 g/mol. The maximum absolute atomic E-state index is 4.05. The molecule has 0 N–H and O–H groups in total. The van der Waals surface area contributed by atoms with E-state index in [4.69, 9.17) is 0 Å². The second-order valence-electron chi connectivity index (χ2n) is 3.80. The third-order valence-corrected chi connectivity index (χ3v) is 2.81. The minimum absolute atomic E-state index is 0.669. The summed E-state index contributed by atoms with van der Waals surface area (Å²) in [5, 5.41) is 0. The quantitative estimate of drug-likeness (QED) is 0.623. The molecule has 13 heavy (non-hydrogen) atoms. The number of benzene rings is 1. The molecule has 1 aliphatic heterocycles. The molecule has 70 valence electrons. The number of nitrogens with zero attached hydrogens (tertiary/aromatic N) is 1. The fraction of sp³-hybridized carbons (Fsp3) is 0.417. The maximum atomic E-state index is 4.05. The predicted octanol–water partition coefficient (Wildman–Crippen LogP) is 2.49. The molecule has 0 radical (unpaired) electrons. The monoisotopic (exact) mass is 174 g/mol. The Labute approximate surface area is 80.4 Å². The van der Waals surface area contributed by atoms with E-state index < -0.39 is 0 Å². The van der Waals surface area contributed by atoms with Crippen molar-refractivity contribution < 1.29 is 0 Å². The van der Waals surface area contributed by atoms with E-state index in [0.717, 1.165) is 13.0 Å². The minimum Gasteiger partial charge on any atom is -0.456 e. The van der Waals surface area contributed by atoms with Crippen LogP contribution in [0.4, 0.5) is 0 Å². The maximum Gasteiger partial charge on any atom is -0.0143 e. The van der Waals surface area contributed by atoms with Gasteiger partial charge in [0.05, 0.1) is 0 Å². The Morgan fingerprint density at radius 3 is 2.69 bits per heavy atom. The van der Waals surface area contributed by atoms with Crippen molar-refractivity contribution in [1.29, 1.82) is 0 Å². The highest BCUT2D eigenvalue weighted by Crippen LogP contribution is 2.19. The molecule has 0 aromatic heterocycles. The second kappa shape index (κ2) is 3.93. The topological polar surface area (TPSA) is 3.24 Å². The van der Waals surface area contributed by atoms with Gasteiger partial charge in [-0.15, -0.1) is 0 Å². The molecule has 1 atom stereocenters. The van der Waals surface area contributed by atoms with Crippen molar-refractivity contribution in [3.05, 3.63) is 42.9 Å². The van der Waals surface area contributed by atoms with Crippen molar-refractivity contribution in [3.8, 4) is 0 Å². The van der Waals surface area contributed by atoms with Gasteiger partial charge in [-0.3, -0.25) is 7.05 Å². The van der Waals surface area contributed by atoms with Gasteiger partial charge in [-0.25, -0.2) is 0 Å². The summed E-state index contributed by atoms with van der Waals surface area (Å²) in [6, 6.07) is 11.4. The normalized spacial score (nSPS) is 23.6. The molecule has 1 aliphatic rings. The van der Waals surface area contributed by atoms with E-state index in [1.807, 2.05) is 0 Å². The van der Waals surface area contributed by atoms with Crippen LogP contribution in [0.2, 0.25) is 0 Å². The molecule has 1 heterocycles. The first-order valence-electron chi connectivity index (χ1n) is 4.97. The fourth-order valence-electron chi connectivity index (χ4n) is 2.01. The van der Waals surface area contributed by atoms with Gasteiger partial charge < -0.3 is 4.90 Å². The van der Waals surface area contributed by atoms with Gasteiger partial charge in [0, 0.05) is 0 Å². The summed E-state index contributed by atoms with van der Waals surface area (Å²) in [5.74, 6) is 0. The lowest BCUT2D eigenvalue weighted by Crippen LogP contribution is -2.24. The Bertz CT molecular complexity index is 255. The minimum atomic E-state index is 0.669. The van der Waals surface area contributed by atoms with Crippen LogP contribution in [-0.2, 0) is 6.42 Å². The highest BCUT2D eigenvalue weighted by Gasteiger charge is 2.16. The van der Waals surface area contributed by atoms with Crippen molar-refractivity contribution >= 4 is 0 Å². The summed E-state index contributed by atoms with van der Waals surface area (Å²) in [6.45, 7) is 1.16. The number of rotatable bonds is 2. The third-order valence-electron chi connectivity index (χ3n) is 2.81. The van der Waals surface area contributed by atoms with Crippen molar-refractivity contribution in [3.63, 3.8) is 0 Å². The Morgan fingerprint density at radius 1 is 1.31 bits per heavy atom. The van der Waals surface area contributed by atoms with Gasteiger partial charge in [0.25, 0.3) is 0 Å². The van der Waals surface area contributed by atoms with Crippen LogP contribution in [0.5, 0.6) is 0 Å². The van der Waals surface area contributed by atoms with E-state index in [0.29, 0.717) is 6.04 Å². The molecule has 1 aromatic rings. The van der Waals surface area contributed by atoms with Crippen molar-refractivity contribution in [2.75, 3.05) is 6.54 Å². The molecule has 0 spiro atoms. The van der Waals surface area contributed by atoms with Crippen LogP contribution >= 0.6 is 0 Å². The Balaban J connectivity index is 1.98. The lowest BCUT2D eigenvalue weighted by molar-refractivity contribution is 0.342. The SMILES string of the molecule is [CH2-]N1CCCC1Cc1ccccc1. The van der Waals surface area contributed by atoms with Gasteiger partial charge >= 0.3 is 0 Å². The van der Waals surface area contributed by atoms with E-state index in [1.54, 1.807) is 0 Å². The molecule has 1 nitrogen and oxygen atoms in total. The number of hydrogen-bond donors (Lipinski definition) is 0. The van der Waals surface area contributed by atoms with Crippen LogP contribution in [0, 0.1) is 7.05 Å². The molecular formula is C12H16N-. The predicted molar refractivity (Wildman–Crippen MR) is 55.2 cm³/mol. The van der Waals surface area contributed by atoms with Crippen LogP contribution in [-0.4, -0.2) is 17.5 Å². The molecule has 1 heteroatoms. The summed E-state index contributed by atoms with van der Waals surface area (Å²) in [6.07, 6.45) is 3.77. The van der Waals surface area contributed by atoms with Crippen molar-refractivity contribution in [2.24, 2.45) is 0 Å². The first kappa shape index (κ1) is 8.76. The van der Waals surface area contributed by atoms with E-state index >= 15 is 0 Å². The Hall–Kier alpha value is -0.820. The number of likely N-dealkylation sites (tertiary alicyclic amines) is 1. The zero-order valence-corrected chi connectivity index (χ0v) is 7.95. The highest BCUT2D eigenvalue weighted by atomic mass is 15.1. The molecule has 1 aromatic carbocycles. The third kappa shape index (κ3) is 2.10. The van der Waals surface area contributed by atoms with Crippen LogP contribution in [0.3, 0.4) is 0 Å². The van der Waals surface area contributed by atoms with Crippen LogP contribution in [0.25, 0.3) is 0 Å². The van der Waals surface area contributed by atoms with E-state index in [1.165, 1.54) is 18.4 Å². The zero-order chi connectivity index (χ0) is 9.10. The van der Waals surface area contributed by atoms with Crippen molar-refractivity contribution in [1.82, 2.24) is 4.90 Å². The molecule has 0 bridgehead atoms. The average Bonchev–Trinajstić information content (AvgIpc) is 2.54. The molecule has 1 fully saturated rings. The Kier molecular flexibility index (Phi) is 2.65. The molecule has 1 saturated heterocycles. The lowest BCUT2D eigenvalue weighted by atomic mass is 10.0. The van der Waals surface area contributed by atoms with E-state index in [-0.39, 0.29) is 0 Å². The van der Waals surface area contributed by atoms with Crippen LogP contribution in [0.15, 0.2) is 30.3 Å². The summed E-state index contributed by atoms with van der Waals surface area (Å²) in [5.41, 5.74) is 1.43. The smallest absolute Gasteiger partial charge is 0.0143 e. The standard InChI is InChI=1S/C12H16N/c1-13-9-5-8-12(13)10-11-6-3-2-4-7-11/h2-4,6-7,12H,1,5,8-10H2/q-1. The van der Waals surface area contributed by atoms with E-state index in [9.17, 15) is 0 Å². The van der Waals surface area contributed by atoms with Crippen LogP contribution in [0.1, 0.15) is 18.4 Å². The molecule has 0 amide bonds. The molecule has 2 rings (SSSR count). The summed E-state index contributed by atoms with van der Waals surface area (Å²) in [7, 11) is 4.05. The summed E-state index contributed by atoms with van der Waals surface area (Å²) < 4.78 is 0. The first-order chi connectivity index (χ1) is 6.36. The van der Waals surface area contributed by atoms with Gasteiger partial charge in [0.15, 0.2) is 0 Å². The fourth-order valence-corrected chi connectivity index (χ4v) is 2.01. The van der Waals surface area contributed by atoms with Gasteiger partial charge in [-0.05, 0) is 37.4 Å². The van der Waals surface area contributed by atoms with Gasteiger partial charge in [-0.2, -0.15) is 0 Å². The van der Waals surface area contributed by atoms with Crippen LogP contribution < -0.4 is 0 Å². The second-order valence-corrected chi connectivity index (χ2v) is 3.80. The first-order valence-corrected chi connectivity index (χ1v) is 4.97. The van der Waals surface area contributed by atoms with Crippen molar-refractivity contribution in [2.45, 2.75) is 25.3 Å². The largest absolute Gasteiger partial charge is 0.456 e. The van der Waals surface area contributed by atoms with E-state index in [2.05, 4.69) is 42.3 Å². The molecule has 0 saturated carbocycles.